The first-order valence-corrected chi connectivity index (χ1v) is 8.54. The summed E-state index contributed by atoms with van der Waals surface area (Å²) in [6.07, 6.45) is 0. The molecule has 0 amide bonds. The second kappa shape index (κ2) is 6.14. The molecule has 8 heteroatoms. The van der Waals surface area contributed by atoms with Crippen molar-refractivity contribution in [2.75, 3.05) is 10.6 Å². The molecule has 0 fully saturated rings. The highest BCUT2D eigenvalue weighted by molar-refractivity contribution is 7.17. The molecule has 3 aromatic heterocycles. The highest BCUT2D eigenvalue weighted by Crippen LogP contribution is 2.30. The van der Waals surface area contributed by atoms with E-state index in [1.165, 1.54) is 12.1 Å². The maximum atomic E-state index is 13.5. The van der Waals surface area contributed by atoms with Crippen molar-refractivity contribution >= 4 is 44.8 Å². The lowest BCUT2D eigenvalue weighted by Crippen LogP contribution is -2.02. The predicted octanol–water partition coefficient (Wildman–Crippen LogP) is 4.66. The Hall–Kier alpha value is -3.00. The molecule has 3 N–H and O–H groups in total. The first-order valence-electron chi connectivity index (χ1n) is 7.66. The van der Waals surface area contributed by atoms with Crippen LogP contribution in [0.4, 0.5) is 27.7 Å². The van der Waals surface area contributed by atoms with Gasteiger partial charge in [-0.25, -0.2) is 9.37 Å². The number of aromatic nitrogens is 4. The third kappa shape index (κ3) is 3.16. The van der Waals surface area contributed by atoms with Crippen molar-refractivity contribution in [2.24, 2.45) is 0 Å². The molecular formula is C17H15FN6S. The number of benzene rings is 1. The fraction of sp³-hybridized carbons (Fsp3) is 0.118. The fourth-order valence-electron chi connectivity index (χ4n) is 2.46. The van der Waals surface area contributed by atoms with Crippen LogP contribution in [0.3, 0.4) is 0 Å². The van der Waals surface area contributed by atoms with Crippen molar-refractivity contribution in [3.8, 4) is 0 Å². The summed E-state index contributed by atoms with van der Waals surface area (Å²) in [5, 5.41) is 15.3. The van der Waals surface area contributed by atoms with E-state index in [1.54, 1.807) is 17.4 Å². The van der Waals surface area contributed by atoms with Gasteiger partial charge in [0.2, 0.25) is 5.95 Å². The Bertz CT molecular complexity index is 1050. The Morgan fingerprint density at radius 1 is 1.08 bits per heavy atom. The molecule has 0 radical (unpaired) electrons. The Kier molecular flexibility index (Phi) is 3.81. The molecule has 25 heavy (non-hydrogen) atoms. The molecular weight excluding hydrogens is 339 g/mol. The number of anilines is 4. The van der Waals surface area contributed by atoms with Gasteiger partial charge in [0.15, 0.2) is 11.6 Å². The summed E-state index contributed by atoms with van der Waals surface area (Å²) in [5.41, 5.74) is 3.31. The summed E-state index contributed by atoms with van der Waals surface area (Å²) in [5.74, 6) is 1.42. The average Bonchev–Trinajstić information content (AvgIpc) is 3.20. The first kappa shape index (κ1) is 15.5. The summed E-state index contributed by atoms with van der Waals surface area (Å²) in [7, 11) is 0. The molecule has 1 aromatic carbocycles. The third-order valence-corrected chi connectivity index (χ3v) is 4.61. The lowest BCUT2D eigenvalue weighted by Gasteiger charge is -2.10. The van der Waals surface area contributed by atoms with E-state index in [-0.39, 0.29) is 5.82 Å². The summed E-state index contributed by atoms with van der Waals surface area (Å²) in [6, 6.07) is 8.39. The van der Waals surface area contributed by atoms with Crippen LogP contribution in [0, 0.1) is 19.7 Å². The zero-order valence-corrected chi connectivity index (χ0v) is 14.4. The monoisotopic (exact) mass is 354 g/mol. The minimum atomic E-state index is -0.310. The number of hydrogen-bond acceptors (Lipinski definition) is 6. The van der Waals surface area contributed by atoms with E-state index in [2.05, 4.69) is 30.8 Å². The Balaban J connectivity index is 1.73. The van der Waals surface area contributed by atoms with Crippen LogP contribution in [-0.4, -0.2) is 20.2 Å². The lowest BCUT2D eigenvalue weighted by molar-refractivity contribution is 0.628. The molecule has 0 spiro atoms. The maximum absolute atomic E-state index is 13.5. The molecule has 3 heterocycles. The molecule has 0 aliphatic rings. The van der Waals surface area contributed by atoms with Gasteiger partial charge in [-0.2, -0.15) is 10.1 Å². The highest BCUT2D eigenvalue weighted by Gasteiger charge is 2.12. The molecule has 0 bridgehead atoms. The second-order valence-electron chi connectivity index (χ2n) is 5.68. The summed E-state index contributed by atoms with van der Waals surface area (Å²) in [6.45, 7) is 3.83. The minimum Gasteiger partial charge on any atom is -0.324 e. The van der Waals surface area contributed by atoms with Crippen molar-refractivity contribution < 1.29 is 4.39 Å². The zero-order chi connectivity index (χ0) is 17.4. The Labute approximate surface area is 147 Å². The van der Waals surface area contributed by atoms with Crippen molar-refractivity contribution in [3.05, 3.63) is 52.8 Å². The SMILES string of the molecule is Cc1cc(Nc2nc(Nc3cc(F)ccc3C)nc3ccsc23)n[nH]1. The number of aromatic amines is 1. The van der Waals surface area contributed by atoms with Crippen LogP contribution in [0.2, 0.25) is 0 Å². The number of thiophene rings is 1. The van der Waals surface area contributed by atoms with Gasteiger partial charge < -0.3 is 10.6 Å². The molecule has 4 rings (SSSR count). The van der Waals surface area contributed by atoms with Gasteiger partial charge in [-0.1, -0.05) is 6.07 Å². The van der Waals surface area contributed by atoms with Gasteiger partial charge in [-0.15, -0.1) is 11.3 Å². The zero-order valence-electron chi connectivity index (χ0n) is 13.6. The van der Waals surface area contributed by atoms with E-state index in [1.807, 2.05) is 31.4 Å². The van der Waals surface area contributed by atoms with E-state index >= 15 is 0 Å². The second-order valence-corrected chi connectivity index (χ2v) is 6.59. The van der Waals surface area contributed by atoms with Crippen molar-refractivity contribution in [2.45, 2.75) is 13.8 Å². The lowest BCUT2D eigenvalue weighted by atomic mass is 10.2. The molecule has 4 aromatic rings. The number of H-pyrrole nitrogens is 1. The molecule has 0 aliphatic carbocycles. The van der Waals surface area contributed by atoms with E-state index in [9.17, 15) is 4.39 Å². The minimum absolute atomic E-state index is 0.310. The van der Waals surface area contributed by atoms with Crippen LogP contribution >= 0.6 is 11.3 Å². The average molecular weight is 354 g/mol. The predicted molar refractivity (Wildman–Crippen MR) is 98.4 cm³/mol. The molecule has 0 aliphatic heterocycles. The topological polar surface area (TPSA) is 78.5 Å². The van der Waals surface area contributed by atoms with Gasteiger partial charge in [0, 0.05) is 17.4 Å². The van der Waals surface area contributed by atoms with Crippen molar-refractivity contribution in [1.29, 1.82) is 0 Å². The summed E-state index contributed by atoms with van der Waals surface area (Å²) >= 11 is 1.55. The summed E-state index contributed by atoms with van der Waals surface area (Å²) < 4.78 is 14.5. The Morgan fingerprint density at radius 2 is 1.96 bits per heavy atom. The van der Waals surface area contributed by atoms with E-state index < -0.39 is 0 Å². The number of rotatable bonds is 4. The van der Waals surface area contributed by atoms with Gasteiger partial charge in [0.25, 0.3) is 0 Å². The quantitative estimate of drug-likeness (QED) is 0.497. The number of hydrogen-bond donors (Lipinski definition) is 3. The van der Waals surface area contributed by atoms with Crippen LogP contribution < -0.4 is 10.6 Å². The fourth-order valence-corrected chi connectivity index (χ4v) is 3.23. The molecule has 6 nitrogen and oxygen atoms in total. The highest BCUT2D eigenvalue weighted by atomic mass is 32.1. The molecule has 0 saturated heterocycles. The number of nitrogens with zero attached hydrogens (tertiary/aromatic N) is 3. The number of nitrogens with one attached hydrogen (secondary N) is 3. The Morgan fingerprint density at radius 3 is 2.76 bits per heavy atom. The largest absolute Gasteiger partial charge is 0.324 e. The van der Waals surface area contributed by atoms with E-state index in [4.69, 9.17) is 0 Å². The molecule has 126 valence electrons. The van der Waals surface area contributed by atoms with Crippen LogP contribution in [-0.2, 0) is 0 Å². The number of aryl methyl sites for hydroxylation is 2. The van der Waals surface area contributed by atoms with Crippen LogP contribution in [0.25, 0.3) is 10.2 Å². The van der Waals surface area contributed by atoms with Crippen LogP contribution in [0.1, 0.15) is 11.3 Å². The smallest absolute Gasteiger partial charge is 0.229 e. The third-order valence-electron chi connectivity index (χ3n) is 3.70. The molecule has 0 atom stereocenters. The molecule has 0 unspecified atom stereocenters. The van der Waals surface area contributed by atoms with E-state index in [0.717, 1.165) is 21.5 Å². The van der Waals surface area contributed by atoms with Crippen LogP contribution in [0.5, 0.6) is 0 Å². The standard InChI is InChI=1S/C17H15FN6S/c1-9-3-4-11(18)8-13(9)20-17-19-12-5-6-25-15(12)16(22-17)21-14-7-10(2)23-24-14/h3-8H,1-2H3,(H3,19,20,21,22,23,24). The van der Waals surface area contributed by atoms with Crippen LogP contribution in [0.15, 0.2) is 35.7 Å². The number of fused-ring (bicyclic) bond motifs is 1. The first-order chi connectivity index (χ1) is 12.1. The normalized spacial score (nSPS) is 11.0. The van der Waals surface area contributed by atoms with Gasteiger partial charge in [0.1, 0.15) is 5.82 Å². The number of halogens is 1. The van der Waals surface area contributed by atoms with Crippen molar-refractivity contribution in [1.82, 2.24) is 20.2 Å². The summed E-state index contributed by atoms with van der Waals surface area (Å²) in [4.78, 5) is 9.05. The van der Waals surface area contributed by atoms with Gasteiger partial charge in [-0.3, -0.25) is 5.10 Å². The van der Waals surface area contributed by atoms with E-state index in [0.29, 0.717) is 23.3 Å². The maximum Gasteiger partial charge on any atom is 0.229 e. The molecule has 0 saturated carbocycles. The van der Waals surface area contributed by atoms with Gasteiger partial charge in [0.05, 0.1) is 10.2 Å². The van der Waals surface area contributed by atoms with Gasteiger partial charge >= 0.3 is 0 Å². The van der Waals surface area contributed by atoms with Gasteiger partial charge in [-0.05, 0) is 43.0 Å². The van der Waals surface area contributed by atoms with Crippen molar-refractivity contribution in [3.63, 3.8) is 0 Å².